The molecule has 2 N–H and O–H groups in total. The molecule has 1 amide bonds. The molecule has 0 aliphatic heterocycles. The van der Waals surface area contributed by atoms with E-state index in [2.05, 4.69) is 10.5 Å². The van der Waals surface area contributed by atoms with Crippen LogP contribution in [0.4, 0.5) is 5.69 Å². The third kappa shape index (κ3) is 3.28. The largest absolute Gasteiger partial charge is 0.478 e. The molecule has 1 aromatic carbocycles. The van der Waals surface area contributed by atoms with Crippen molar-refractivity contribution in [3.63, 3.8) is 0 Å². The standard InChI is InChI=1S/C15H16N2O4/c1-8(2)12-7-13(21-17-12)14(18)16-11-5-4-9(3)6-10(11)15(19)20/h4-8H,1-3H3,(H,16,18)(H,19,20). The molecular formula is C15H16N2O4. The second-order valence-electron chi connectivity index (χ2n) is 5.08. The summed E-state index contributed by atoms with van der Waals surface area (Å²) in [7, 11) is 0. The van der Waals surface area contributed by atoms with Crippen LogP contribution >= 0.6 is 0 Å². The molecular weight excluding hydrogens is 272 g/mol. The summed E-state index contributed by atoms with van der Waals surface area (Å²) in [5, 5.41) is 15.5. The number of aryl methyl sites for hydroxylation is 1. The number of nitrogens with zero attached hydrogens (tertiary/aromatic N) is 1. The van der Waals surface area contributed by atoms with Gasteiger partial charge in [-0.05, 0) is 25.0 Å². The fourth-order valence-electron chi connectivity index (χ4n) is 1.80. The highest BCUT2D eigenvalue weighted by atomic mass is 16.5. The van der Waals surface area contributed by atoms with Gasteiger partial charge in [-0.15, -0.1) is 0 Å². The summed E-state index contributed by atoms with van der Waals surface area (Å²) < 4.78 is 4.97. The van der Waals surface area contributed by atoms with E-state index in [1.54, 1.807) is 25.1 Å². The Kier molecular flexibility index (Phi) is 4.07. The van der Waals surface area contributed by atoms with Gasteiger partial charge >= 0.3 is 5.97 Å². The molecule has 6 heteroatoms. The second kappa shape index (κ2) is 5.78. The van der Waals surface area contributed by atoms with Crippen molar-refractivity contribution in [3.05, 3.63) is 46.8 Å². The van der Waals surface area contributed by atoms with Gasteiger partial charge in [0.1, 0.15) is 0 Å². The lowest BCUT2D eigenvalue weighted by Crippen LogP contribution is -2.14. The first kappa shape index (κ1) is 14.8. The van der Waals surface area contributed by atoms with Crippen LogP contribution in [0.5, 0.6) is 0 Å². The zero-order valence-corrected chi connectivity index (χ0v) is 12.0. The van der Waals surface area contributed by atoms with E-state index < -0.39 is 11.9 Å². The van der Waals surface area contributed by atoms with Crippen LogP contribution < -0.4 is 5.32 Å². The van der Waals surface area contributed by atoms with Crippen molar-refractivity contribution >= 4 is 17.6 Å². The Hall–Kier alpha value is -2.63. The number of nitrogens with one attached hydrogen (secondary N) is 1. The Balaban J connectivity index is 2.25. The van der Waals surface area contributed by atoms with Crippen molar-refractivity contribution in [1.82, 2.24) is 5.16 Å². The second-order valence-corrected chi connectivity index (χ2v) is 5.08. The molecule has 0 spiro atoms. The van der Waals surface area contributed by atoms with Crippen molar-refractivity contribution in [3.8, 4) is 0 Å². The number of hydrogen-bond donors (Lipinski definition) is 2. The van der Waals surface area contributed by atoms with Gasteiger partial charge in [0.25, 0.3) is 5.91 Å². The fourth-order valence-corrected chi connectivity index (χ4v) is 1.80. The van der Waals surface area contributed by atoms with Gasteiger partial charge in [0.15, 0.2) is 0 Å². The topological polar surface area (TPSA) is 92.4 Å². The predicted octanol–water partition coefficient (Wildman–Crippen LogP) is 3.06. The maximum Gasteiger partial charge on any atom is 0.337 e. The lowest BCUT2D eigenvalue weighted by Gasteiger charge is -2.07. The lowest BCUT2D eigenvalue weighted by molar-refractivity contribution is 0.0698. The van der Waals surface area contributed by atoms with Crippen molar-refractivity contribution < 1.29 is 19.2 Å². The maximum atomic E-state index is 12.1. The normalized spacial score (nSPS) is 10.7. The van der Waals surface area contributed by atoms with Crippen LogP contribution in [0.2, 0.25) is 0 Å². The lowest BCUT2D eigenvalue weighted by atomic mass is 10.1. The molecule has 0 radical (unpaired) electrons. The molecule has 6 nitrogen and oxygen atoms in total. The Bertz CT molecular complexity index is 689. The Morgan fingerprint density at radius 2 is 2.00 bits per heavy atom. The first-order valence-electron chi connectivity index (χ1n) is 6.50. The molecule has 2 rings (SSSR count). The summed E-state index contributed by atoms with van der Waals surface area (Å²) in [5.74, 6) is -1.44. The number of rotatable bonds is 4. The number of aromatic carboxylic acids is 1. The molecule has 0 atom stereocenters. The maximum absolute atomic E-state index is 12.1. The number of hydrogen-bond acceptors (Lipinski definition) is 4. The van der Waals surface area contributed by atoms with Gasteiger partial charge < -0.3 is 14.9 Å². The number of benzene rings is 1. The molecule has 0 unspecified atom stereocenters. The van der Waals surface area contributed by atoms with Crippen molar-refractivity contribution in [2.75, 3.05) is 5.32 Å². The Morgan fingerprint density at radius 1 is 1.29 bits per heavy atom. The molecule has 1 aromatic heterocycles. The zero-order chi connectivity index (χ0) is 15.6. The molecule has 0 bridgehead atoms. The van der Waals surface area contributed by atoms with Crippen LogP contribution in [-0.2, 0) is 0 Å². The van der Waals surface area contributed by atoms with Crippen LogP contribution in [0.15, 0.2) is 28.8 Å². The minimum Gasteiger partial charge on any atom is -0.478 e. The van der Waals surface area contributed by atoms with E-state index in [0.29, 0.717) is 5.69 Å². The number of carboxylic acid groups (broad SMARTS) is 1. The van der Waals surface area contributed by atoms with Gasteiger partial charge in [0.05, 0.1) is 16.9 Å². The average Bonchev–Trinajstić information content (AvgIpc) is 2.90. The number of carbonyl (C=O) groups excluding carboxylic acids is 1. The smallest absolute Gasteiger partial charge is 0.337 e. The summed E-state index contributed by atoms with van der Waals surface area (Å²) in [4.78, 5) is 23.3. The van der Waals surface area contributed by atoms with Crippen LogP contribution in [0.3, 0.4) is 0 Å². The van der Waals surface area contributed by atoms with Gasteiger partial charge in [0.2, 0.25) is 5.76 Å². The van der Waals surface area contributed by atoms with Gasteiger partial charge in [-0.2, -0.15) is 0 Å². The van der Waals surface area contributed by atoms with Gasteiger partial charge in [0, 0.05) is 6.07 Å². The highest BCUT2D eigenvalue weighted by molar-refractivity contribution is 6.06. The third-order valence-corrected chi connectivity index (χ3v) is 3.00. The molecule has 2 aromatic rings. The molecule has 0 saturated carbocycles. The SMILES string of the molecule is Cc1ccc(NC(=O)c2cc(C(C)C)no2)c(C(=O)O)c1. The summed E-state index contributed by atoms with van der Waals surface area (Å²) >= 11 is 0. The van der Waals surface area contributed by atoms with E-state index in [-0.39, 0.29) is 22.9 Å². The summed E-state index contributed by atoms with van der Waals surface area (Å²) in [5.41, 5.74) is 1.72. The number of carbonyl (C=O) groups is 2. The monoisotopic (exact) mass is 288 g/mol. The molecule has 0 saturated heterocycles. The summed E-state index contributed by atoms with van der Waals surface area (Å²) in [6, 6.07) is 6.32. The van der Waals surface area contributed by atoms with Gasteiger partial charge in [-0.3, -0.25) is 4.79 Å². The summed E-state index contributed by atoms with van der Waals surface area (Å²) in [6.07, 6.45) is 0. The summed E-state index contributed by atoms with van der Waals surface area (Å²) in [6.45, 7) is 5.65. The highest BCUT2D eigenvalue weighted by Crippen LogP contribution is 2.20. The molecule has 21 heavy (non-hydrogen) atoms. The van der Waals surface area contributed by atoms with Crippen LogP contribution in [0, 0.1) is 6.92 Å². The van der Waals surface area contributed by atoms with E-state index in [1.807, 2.05) is 13.8 Å². The van der Waals surface area contributed by atoms with Crippen molar-refractivity contribution in [1.29, 1.82) is 0 Å². The minimum absolute atomic E-state index is 0.0342. The fraction of sp³-hybridized carbons (Fsp3) is 0.267. The van der Waals surface area contributed by atoms with Crippen LogP contribution in [0.25, 0.3) is 0 Å². The molecule has 110 valence electrons. The van der Waals surface area contributed by atoms with E-state index in [0.717, 1.165) is 5.56 Å². The number of amides is 1. The third-order valence-electron chi connectivity index (χ3n) is 3.00. The minimum atomic E-state index is -1.10. The first-order valence-corrected chi connectivity index (χ1v) is 6.50. The van der Waals surface area contributed by atoms with Crippen LogP contribution in [-0.4, -0.2) is 22.1 Å². The van der Waals surface area contributed by atoms with Crippen molar-refractivity contribution in [2.45, 2.75) is 26.7 Å². The quantitative estimate of drug-likeness (QED) is 0.902. The molecule has 0 aliphatic rings. The Labute approximate surface area is 121 Å². The Morgan fingerprint density at radius 3 is 2.57 bits per heavy atom. The number of aromatic nitrogens is 1. The zero-order valence-electron chi connectivity index (χ0n) is 12.0. The van der Waals surface area contributed by atoms with E-state index in [4.69, 9.17) is 9.63 Å². The molecule has 0 fully saturated rings. The highest BCUT2D eigenvalue weighted by Gasteiger charge is 2.18. The van der Waals surface area contributed by atoms with Crippen molar-refractivity contribution in [2.24, 2.45) is 0 Å². The van der Waals surface area contributed by atoms with Gasteiger partial charge in [-0.1, -0.05) is 30.6 Å². The number of anilines is 1. The molecule has 1 heterocycles. The number of carboxylic acids is 1. The average molecular weight is 288 g/mol. The first-order chi connectivity index (χ1) is 9.88. The van der Waals surface area contributed by atoms with E-state index in [9.17, 15) is 9.59 Å². The van der Waals surface area contributed by atoms with Gasteiger partial charge in [-0.25, -0.2) is 4.79 Å². The van der Waals surface area contributed by atoms with E-state index >= 15 is 0 Å². The van der Waals surface area contributed by atoms with E-state index in [1.165, 1.54) is 6.07 Å². The molecule has 0 aliphatic carbocycles. The predicted molar refractivity (Wildman–Crippen MR) is 76.7 cm³/mol. The van der Waals surface area contributed by atoms with Crippen LogP contribution in [0.1, 0.15) is 51.9 Å².